The Morgan fingerprint density at radius 1 is 0.959 bits per heavy atom. The molecule has 5 rings (SSSR count). The summed E-state index contributed by atoms with van der Waals surface area (Å²) in [4.78, 5) is 53.4. The lowest BCUT2D eigenvalue weighted by atomic mass is 9.66. The summed E-state index contributed by atoms with van der Waals surface area (Å²) in [5.41, 5.74) is 17.7. The van der Waals surface area contributed by atoms with E-state index in [1.807, 2.05) is 10.8 Å². The summed E-state index contributed by atoms with van der Waals surface area (Å²) in [6.07, 6.45) is 8.88. The van der Waals surface area contributed by atoms with Gasteiger partial charge in [-0.15, -0.1) is 12.4 Å². The number of nitriles is 1. The Kier molecular flexibility index (Phi) is 9.86. The summed E-state index contributed by atoms with van der Waals surface area (Å²) in [7, 11) is -4.74. The molecule has 256 valence electrons. The average molecular weight is 710 g/mol. The highest BCUT2D eigenvalue weighted by atomic mass is 35.5. The number of halogens is 1. The minimum atomic E-state index is -4.74. The Morgan fingerprint density at radius 2 is 1.53 bits per heavy atom. The van der Waals surface area contributed by atoms with Crippen molar-refractivity contribution in [1.29, 1.82) is 10.7 Å². The van der Waals surface area contributed by atoms with Crippen molar-refractivity contribution in [2.75, 3.05) is 0 Å². The fourth-order valence-electron chi connectivity index (χ4n) is 6.23. The number of sulfonamides is 1. The minimum absolute atomic E-state index is 0. The highest BCUT2D eigenvalue weighted by Crippen LogP contribution is 2.45. The maximum atomic E-state index is 14.5. The van der Waals surface area contributed by atoms with E-state index in [0.29, 0.717) is 22.3 Å². The van der Waals surface area contributed by atoms with Gasteiger partial charge in [0.1, 0.15) is 11.9 Å². The number of aliphatic carboxylic acids is 2. The van der Waals surface area contributed by atoms with E-state index < -0.39 is 69.2 Å². The SMILES string of the molecule is Cc1cc(C)cc(S(=O)(=O)N[C@H](C(=O)O)[C@](N)(NC(C(=O)C2c3ccc(C(=N)N)c2c3)C(N)C(=O)O)C(=O)C2c3ccc(C#N)c2c3)c1.Cl. The quantitative estimate of drug-likeness (QED) is 0.0713. The summed E-state index contributed by atoms with van der Waals surface area (Å²) < 4.78 is 29.3. The smallest absolute Gasteiger partial charge is 0.325 e. The van der Waals surface area contributed by atoms with E-state index in [-0.39, 0.29) is 45.4 Å². The number of allylic oxidation sites excluding steroid dienone is 10. The van der Waals surface area contributed by atoms with E-state index in [2.05, 4.69) is 5.32 Å². The molecule has 49 heavy (non-hydrogen) atoms. The Balaban J connectivity index is 0.00000541. The predicted octanol–water partition coefficient (Wildman–Crippen LogP) is -0.0752. The van der Waals surface area contributed by atoms with Crippen molar-refractivity contribution in [3.63, 3.8) is 0 Å². The van der Waals surface area contributed by atoms with Gasteiger partial charge in [0.2, 0.25) is 10.0 Å². The van der Waals surface area contributed by atoms with E-state index >= 15 is 0 Å². The number of amidine groups is 1. The van der Waals surface area contributed by atoms with Crippen molar-refractivity contribution in [3.05, 3.63) is 99.2 Å². The molecule has 0 spiro atoms. The van der Waals surface area contributed by atoms with Crippen LogP contribution in [0.5, 0.6) is 0 Å². The van der Waals surface area contributed by atoms with Gasteiger partial charge in [0.05, 0.1) is 34.4 Å². The number of carboxylic acids is 2. The number of aryl methyl sites for hydroxylation is 2. The molecule has 0 saturated heterocycles. The van der Waals surface area contributed by atoms with Crippen molar-refractivity contribution in [1.82, 2.24) is 10.0 Å². The topological polar surface area (TPSA) is 293 Å². The molecule has 0 aliphatic heterocycles. The number of rotatable bonds is 14. The lowest BCUT2D eigenvalue weighted by Gasteiger charge is -2.44. The summed E-state index contributed by atoms with van der Waals surface area (Å²) in [6.45, 7) is 3.24. The number of hydrogen-bond donors (Lipinski definition) is 8. The number of Topliss-reactive ketones (excluding diaryl/α,β-unsaturated/α-hetero) is 2. The van der Waals surface area contributed by atoms with Crippen LogP contribution in [0.1, 0.15) is 11.1 Å². The Morgan fingerprint density at radius 3 is 2.04 bits per heavy atom. The number of carbonyl (C=O) groups excluding carboxylic acids is 2. The second-order valence-corrected chi connectivity index (χ2v) is 13.6. The number of benzene rings is 1. The average Bonchev–Trinajstić information content (AvgIpc) is 3.01. The molecule has 17 heteroatoms. The molecule has 11 N–H and O–H groups in total. The van der Waals surface area contributed by atoms with Crippen molar-refractivity contribution in [2.24, 2.45) is 29.0 Å². The van der Waals surface area contributed by atoms with Gasteiger partial charge in [0, 0.05) is 5.57 Å². The summed E-state index contributed by atoms with van der Waals surface area (Å²) in [5.74, 6) is -8.67. The Labute approximate surface area is 286 Å². The number of nitrogens with one attached hydrogen (secondary N) is 3. The largest absolute Gasteiger partial charge is 0.480 e. The van der Waals surface area contributed by atoms with Crippen LogP contribution in [0.25, 0.3) is 0 Å². The summed E-state index contributed by atoms with van der Waals surface area (Å²) >= 11 is 0. The molecule has 0 fully saturated rings. The first-order chi connectivity index (χ1) is 22.4. The fraction of sp³-hybridized carbons (Fsp3) is 0.250. The first-order valence-corrected chi connectivity index (χ1v) is 15.9. The number of nitrogens with zero attached hydrogens (tertiary/aromatic N) is 1. The van der Waals surface area contributed by atoms with Gasteiger partial charge in [-0.05, 0) is 65.5 Å². The van der Waals surface area contributed by atoms with Gasteiger partial charge in [-0.2, -0.15) is 9.98 Å². The van der Waals surface area contributed by atoms with E-state index in [9.17, 15) is 43.1 Å². The zero-order valence-corrected chi connectivity index (χ0v) is 27.6. The van der Waals surface area contributed by atoms with E-state index in [4.69, 9.17) is 22.6 Å². The molecule has 4 unspecified atom stereocenters. The maximum Gasteiger partial charge on any atom is 0.325 e. The second-order valence-electron chi connectivity index (χ2n) is 11.9. The van der Waals surface area contributed by atoms with Gasteiger partial charge >= 0.3 is 11.9 Å². The molecular weight excluding hydrogens is 678 g/mol. The predicted molar refractivity (Wildman–Crippen MR) is 177 cm³/mol. The van der Waals surface area contributed by atoms with Crippen molar-refractivity contribution < 1.29 is 37.8 Å². The third-order valence-corrected chi connectivity index (χ3v) is 10.0. The number of fused-ring (bicyclic) bond motifs is 4. The van der Waals surface area contributed by atoms with Gasteiger partial charge in [0.25, 0.3) is 0 Å². The first-order valence-electron chi connectivity index (χ1n) is 14.4. The normalized spacial score (nSPS) is 21.7. The first kappa shape index (κ1) is 36.8. The van der Waals surface area contributed by atoms with Crippen LogP contribution in [-0.2, 0) is 29.2 Å². The van der Waals surface area contributed by atoms with Gasteiger partial charge < -0.3 is 27.4 Å². The van der Waals surface area contributed by atoms with Crippen LogP contribution in [0.4, 0.5) is 0 Å². The molecule has 0 saturated carbocycles. The molecular formula is C32H32ClN7O8S. The van der Waals surface area contributed by atoms with Crippen LogP contribution in [0.3, 0.4) is 0 Å². The minimum Gasteiger partial charge on any atom is -0.480 e. The number of hydrogen-bond acceptors (Lipinski definition) is 11. The number of nitrogens with two attached hydrogens (primary N) is 3. The molecule has 6 atom stereocenters. The Bertz CT molecular complexity index is 2050. The van der Waals surface area contributed by atoms with E-state index in [0.717, 1.165) is 0 Å². The van der Waals surface area contributed by atoms with Crippen molar-refractivity contribution in [3.8, 4) is 6.07 Å². The van der Waals surface area contributed by atoms with Gasteiger partial charge in [-0.3, -0.25) is 29.9 Å². The van der Waals surface area contributed by atoms with Crippen LogP contribution in [0, 0.1) is 42.4 Å². The van der Waals surface area contributed by atoms with E-state index in [1.165, 1.54) is 42.5 Å². The molecule has 0 aromatic heterocycles. The van der Waals surface area contributed by atoms with Gasteiger partial charge in [-0.1, -0.05) is 36.4 Å². The van der Waals surface area contributed by atoms with Crippen LogP contribution < -0.4 is 27.2 Å². The third-order valence-electron chi connectivity index (χ3n) is 8.63. The molecule has 0 heterocycles. The lowest BCUT2D eigenvalue weighted by molar-refractivity contribution is -0.147. The molecule has 4 aliphatic rings. The van der Waals surface area contributed by atoms with E-state index in [1.54, 1.807) is 26.0 Å². The third kappa shape index (κ3) is 6.31. The Hall–Kier alpha value is -5.02. The van der Waals surface area contributed by atoms with Gasteiger partial charge in [0.15, 0.2) is 23.3 Å². The zero-order valence-electron chi connectivity index (χ0n) is 25.9. The molecule has 0 amide bonds. The molecule has 4 aliphatic carbocycles. The zero-order chi connectivity index (χ0) is 35.5. The van der Waals surface area contributed by atoms with Crippen LogP contribution in [0.15, 0.2) is 93.0 Å². The lowest BCUT2D eigenvalue weighted by Crippen LogP contribution is -2.78. The molecule has 4 bridgehead atoms. The van der Waals surface area contributed by atoms with Crippen LogP contribution in [0.2, 0.25) is 0 Å². The standard InChI is InChI=1S/C32H31N7O8S.ClH/c1-13-7-14(2)9-18(8-13)48(46,47)39-27(31(44)45)32(37,28(41)23-16-3-4-17(12-33)20(23)10-16)38-25(24(34)30(42)43)26(40)22-15-5-6-19(29(35)36)21(22)11-15;/h3-11,22-25,27,38-39H,34,37H2,1-2H3,(H3,35,36)(H,42,43)(H,44,45);1H/t22?,23?,24?,25?,27-,32+;/m1./s1. The summed E-state index contributed by atoms with van der Waals surface area (Å²) in [6, 6.07) is -0.624. The second kappa shape index (κ2) is 13.1. The van der Waals surface area contributed by atoms with Crippen molar-refractivity contribution >= 4 is 51.8 Å². The maximum absolute atomic E-state index is 14.5. The monoisotopic (exact) mass is 709 g/mol. The molecule has 15 nitrogen and oxygen atoms in total. The number of carbonyl (C=O) groups is 4. The molecule has 0 radical (unpaired) electrons. The highest BCUT2D eigenvalue weighted by molar-refractivity contribution is 7.89. The van der Waals surface area contributed by atoms with Crippen molar-refractivity contribution in [2.45, 2.75) is 42.5 Å². The fourth-order valence-corrected chi connectivity index (χ4v) is 7.64. The number of carboxylic acid groups (broad SMARTS) is 2. The van der Waals surface area contributed by atoms with Gasteiger partial charge in [-0.25, -0.2) is 8.42 Å². The molecule has 1 aromatic carbocycles. The molecule has 1 aromatic rings. The van der Waals surface area contributed by atoms with Crippen LogP contribution in [-0.4, -0.2) is 71.8 Å². The summed E-state index contributed by atoms with van der Waals surface area (Å²) in [5, 5.41) is 40.2. The highest BCUT2D eigenvalue weighted by Gasteiger charge is 2.57. The number of ketones is 2. The van der Waals surface area contributed by atoms with Crippen LogP contribution >= 0.6 is 12.4 Å².